The maximum absolute atomic E-state index is 13.0. The molecule has 2 N–H and O–H groups in total. The third-order valence-corrected chi connectivity index (χ3v) is 7.33. The van der Waals surface area contributed by atoms with E-state index in [9.17, 15) is 9.59 Å². The van der Waals surface area contributed by atoms with Gasteiger partial charge in [-0.1, -0.05) is 23.7 Å². The highest BCUT2D eigenvalue weighted by atomic mass is 35.5. The summed E-state index contributed by atoms with van der Waals surface area (Å²) in [4.78, 5) is 33.9. The van der Waals surface area contributed by atoms with E-state index in [1.54, 1.807) is 0 Å². The van der Waals surface area contributed by atoms with Crippen LogP contribution in [-0.2, 0) is 17.8 Å². The molecule has 0 bridgehead atoms. The molecule has 2 amide bonds. The largest absolute Gasteiger partial charge is 0.338 e. The number of rotatable bonds is 3. The van der Waals surface area contributed by atoms with Crippen molar-refractivity contribution < 1.29 is 9.59 Å². The SMILES string of the molecule is NC1(C(=O)N2CCN(C(=O)c3ccc(-c4nc5n(c4Cl)CCCC5)cc3)CC2)CCC1. The summed E-state index contributed by atoms with van der Waals surface area (Å²) in [6.45, 7) is 3.05. The molecule has 0 atom stereocenters. The Kier molecular flexibility index (Phi) is 5.26. The molecule has 1 aromatic heterocycles. The van der Waals surface area contributed by atoms with Crippen molar-refractivity contribution in [2.75, 3.05) is 26.2 Å². The normalized spacial score (nSPS) is 20.2. The lowest BCUT2D eigenvalue weighted by Gasteiger charge is -2.43. The summed E-state index contributed by atoms with van der Waals surface area (Å²) in [7, 11) is 0. The molecule has 2 aliphatic heterocycles. The molecule has 1 saturated heterocycles. The van der Waals surface area contributed by atoms with Gasteiger partial charge in [0.2, 0.25) is 5.91 Å². The highest BCUT2D eigenvalue weighted by Crippen LogP contribution is 2.32. The second-order valence-electron chi connectivity index (χ2n) is 8.95. The molecule has 7 nitrogen and oxygen atoms in total. The quantitative estimate of drug-likeness (QED) is 0.793. The van der Waals surface area contributed by atoms with Gasteiger partial charge in [0.25, 0.3) is 5.91 Å². The fourth-order valence-electron chi connectivity index (χ4n) is 4.78. The van der Waals surface area contributed by atoms with Crippen LogP contribution in [0.4, 0.5) is 0 Å². The summed E-state index contributed by atoms with van der Waals surface area (Å²) >= 11 is 6.57. The Balaban J connectivity index is 1.24. The van der Waals surface area contributed by atoms with Crippen molar-refractivity contribution in [1.82, 2.24) is 19.4 Å². The van der Waals surface area contributed by atoms with Crippen molar-refractivity contribution in [2.45, 2.75) is 50.6 Å². The first-order valence-electron chi connectivity index (χ1n) is 11.2. The number of aromatic nitrogens is 2. The number of aryl methyl sites for hydroxylation is 1. The number of benzene rings is 1. The lowest BCUT2D eigenvalue weighted by Crippen LogP contribution is -2.62. The van der Waals surface area contributed by atoms with Crippen LogP contribution in [0.3, 0.4) is 0 Å². The second kappa shape index (κ2) is 7.95. The van der Waals surface area contributed by atoms with Crippen LogP contribution in [-0.4, -0.2) is 62.9 Å². The second-order valence-corrected chi connectivity index (χ2v) is 9.31. The van der Waals surface area contributed by atoms with Gasteiger partial charge < -0.3 is 20.1 Å². The number of halogens is 1. The van der Waals surface area contributed by atoms with Crippen LogP contribution >= 0.6 is 11.6 Å². The minimum atomic E-state index is -0.671. The predicted molar refractivity (Wildman–Crippen MR) is 119 cm³/mol. The summed E-state index contributed by atoms with van der Waals surface area (Å²) in [5, 5.41) is 0.679. The fourth-order valence-corrected chi connectivity index (χ4v) is 5.12. The zero-order chi connectivity index (χ0) is 21.6. The number of nitrogens with zero attached hydrogens (tertiary/aromatic N) is 4. The van der Waals surface area contributed by atoms with Crippen molar-refractivity contribution in [3.63, 3.8) is 0 Å². The topological polar surface area (TPSA) is 84.5 Å². The Morgan fingerprint density at radius 2 is 1.61 bits per heavy atom. The molecule has 1 aromatic carbocycles. The molecule has 8 heteroatoms. The molecule has 2 fully saturated rings. The predicted octanol–water partition coefficient (Wildman–Crippen LogP) is 2.71. The Hall–Kier alpha value is -2.38. The van der Waals surface area contributed by atoms with E-state index in [1.165, 1.54) is 0 Å². The number of piperazine rings is 1. The molecule has 0 radical (unpaired) electrons. The molecule has 3 aliphatic rings. The van der Waals surface area contributed by atoms with E-state index < -0.39 is 5.54 Å². The van der Waals surface area contributed by atoms with Gasteiger partial charge in [-0.3, -0.25) is 9.59 Å². The number of hydrogen-bond acceptors (Lipinski definition) is 4. The van der Waals surface area contributed by atoms with Gasteiger partial charge in [-0.15, -0.1) is 0 Å². The summed E-state index contributed by atoms with van der Waals surface area (Å²) in [5.41, 5.74) is 7.86. The van der Waals surface area contributed by atoms with Crippen LogP contribution in [0.25, 0.3) is 11.3 Å². The summed E-state index contributed by atoms with van der Waals surface area (Å²) in [6, 6.07) is 7.52. The van der Waals surface area contributed by atoms with Crippen molar-refractivity contribution in [1.29, 1.82) is 0 Å². The standard InChI is InChI=1S/C23H28ClN5O2/c24-20-19(26-18-4-1-2-11-29(18)20)16-5-7-17(8-6-16)21(30)27-12-14-28(15-13-27)22(31)23(25)9-3-10-23/h5-8H,1-4,9-15,25H2. The highest BCUT2D eigenvalue weighted by molar-refractivity contribution is 6.32. The number of hydrogen-bond donors (Lipinski definition) is 1. The minimum absolute atomic E-state index is 0.0139. The van der Waals surface area contributed by atoms with E-state index in [0.717, 1.165) is 62.2 Å². The molecule has 3 heterocycles. The monoisotopic (exact) mass is 441 g/mol. The van der Waals surface area contributed by atoms with Crippen molar-refractivity contribution >= 4 is 23.4 Å². The van der Waals surface area contributed by atoms with E-state index in [1.807, 2.05) is 34.1 Å². The maximum Gasteiger partial charge on any atom is 0.253 e. The number of carbonyl (C=O) groups excluding carboxylic acids is 2. The summed E-state index contributed by atoms with van der Waals surface area (Å²) in [6.07, 6.45) is 5.77. The van der Waals surface area contributed by atoms with E-state index in [-0.39, 0.29) is 11.8 Å². The number of fused-ring (bicyclic) bond motifs is 1. The average molecular weight is 442 g/mol. The number of nitrogens with two attached hydrogens (primary N) is 1. The summed E-state index contributed by atoms with van der Waals surface area (Å²) < 4.78 is 2.09. The Labute approximate surface area is 187 Å². The number of carbonyl (C=O) groups is 2. The fraction of sp³-hybridized carbons (Fsp3) is 0.522. The molecule has 31 heavy (non-hydrogen) atoms. The Bertz CT molecular complexity index is 1000. The molecule has 1 aliphatic carbocycles. The molecule has 2 aromatic rings. The van der Waals surface area contributed by atoms with Gasteiger partial charge in [0.05, 0.1) is 5.54 Å². The lowest BCUT2D eigenvalue weighted by molar-refractivity contribution is -0.141. The van der Waals surface area contributed by atoms with Gasteiger partial charge in [-0.2, -0.15) is 0 Å². The van der Waals surface area contributed by atoms with Crippen molar-refractivity contribution in [3.8, 4) is 11.3 Å². The van der Waals surface area contributed by atoms with Gasteiger partial charge in [-0.05, 0) is 44.2 Å². The Morgan fingerprint density at radius 1 is 0.935 bits per heavy atom. The first-order chi connectivity index (χ1) is 15.0. The zero-order valence-corrected chi connectivity index (χ0v) is 18.4. The van der Waals surface area contributed by atoms with Crippen molar-refractivity contribution in [3.05, 3.63) is 40.8 Å². The van der Waals surface area contributed by atoms with Gasteiger partial charge in [0.1, 0.15) is 16.7 Å². The average Bonchev–Trinajstić information content (AvgIpc) is 3.13. The first kappa shape index (κ1) is 20.5. The van der Waals surface area contributed by atoms with E-state index in [0.29, 0.717) is 36.9 Å². The number of amides is 2. The maximum atomic E-state index is 13.0. The van der Waals surface area contributed by atoms with Crippen LogP contribution in [0.2, 0.25) is 5.15 Å². The summed E-state index contributed by atoms with van der Waals surface area (Å²) in [5.74, 6) is 1.06. The van der Waals surface area contributed by atoms with Crippen LogP contribution in [0.1, 0.15) is 48.3 Å². The Morgan fingerprint density at radius 3 is 2.23 bits per heavy atom. The minimum Gasteiger partial charge on any atom is -0.338 e. The molecule has 0 spiro atoms. The van der Waals surface area contributed by atoms with E-state index in [4.69, 9.17) is 22.3 Å². The van der Waals surface area contributed by atoms with Gasteiger partial charge in [0, 0.05) is 50.3 Å². The van der Waals surface area contributed by atoms with E-state index >= 15 is 0 Å². The molecule has 5 rings (SSSR count). The zero-order valence-electron chi connectivity index (χ0n) is 17.6. The number of imidazole rings is 1. The van der Waals surface area contributed by atoms with Crippen LogP contribution in [0.15, 0.2) is 24.3 Å². The van der Waals surface area contributed by atoms with Gasteiger partial charge in [-0.25, -0.2) is 4.98 Å². The van der Waals surface area contributed by atoms with Crippen molar-refractivity contribution in [2.24, 2.45) is 5.73 Å². The van der Waals surface area contributed by atoms with Gasteiger partial charge >= 0.3 is 0 Å². The molecular formula is C23H28ClN5O2. The van der Waals surface area contributed by atoms with Crippen LogP contribution < -0.4 is 5.73 Å². The highest BCUT2D eigenvalue weighted by Gasteiger charge is 2.43. The molecular weight excluding hydrogens is 414 g/mol. The van der Waals surface area contributed by atoms with Gasteiger partial charge in [0.15, 0.2) is 0 Å². The third-order valence-electron chi connectivity index (χ3n) is 6.95. The molecule has 1 saturated carbocycles. The lowest BCUT2D eigenvalue weighted by atomic mass is 9.76. The van der Waals surface area contributed by atoms with Crippen LogP contribution in [0, 0.1) is 0 Å². The smallest absolute Gasteiger partial charge is 0.253 e. The van der Waals surface area contributed by atoms with Crippen LogP contribution in [0.5, 0.6) is 0 Å². The third kappa shape index (κ3) is 3.64. The molecule has 0 unspecified atom stereocenters. The first-order valence-corrected chi connectivity index (χ1v) is 11.6. The van der Waals surface area contributed by atoms with E-state index in [2.05, 4.69) is 4.57 Å². The molecule has 164 valence electrons.